The van der Waals surface area contributed by atoms with Gasteiger partial charge in [0.15, 0.2) is 0 Å². The summed E-state index contributed by atoms with van der Waals surface area (Å²) in [5.74, 6) is 2.56. The van der Waals surface area contributed by atoms with Crippen molar-refractivity contribution in [1.29, 1.82) is 0 Å². The van der Waals surface area contributed by atoms with Gasteiger partial charge in [0.1, 0.15) is 0 Å². The number of ketones is 1. The van der Waals surface area contributed by atoms with E-state index in [2.05, 4.69) is 34.9 Å². The molecular weight excluding hydrogens is 457 g/mol. The fourth-order valence-electron chi connectivity index (χ4n) is 6.58. The molecule has 4 aliphatic rings. The van der Waals surface area contributed by atoms with Gasteiger partial charge in [-0.05, 0) is 0 Å². The van der Waals surface area contributed by atoms with Gasteiger partial charge in [-0.2, -0.15) is 0 Å². The molecule has 0 heterocycles. The van der Waals surface area contributed by atoms with Gasteiger partial charge in [0.2, 0.25) is 0 Å². The molecule has 4 rings (SSSR count). The fourth-order valence-corrected chi connectivity index (χ4v) is 7.74. The zero-order valence-electron chi connectivity index (χ0n) is 13.6. The number of allylic oxidation sites excluding steroid dienone is 1. The van der Waals surface area contributed by atoms with Crippen LogP contribution in [0.15, 0.2) is 9.36 Å². The second kappa shape index (κ2) is 5.05. The standard InChI is InChI=1S/C19H27O2.Au/c1-18-9-7-13(20)11-12(18)3-4-14-15-5-6-17(21)19(15,2)10-8-16(14)18;/h14-17,21H,3-10H2,1-2H3;/t14-,15-,16-,17-,18-,19-;/m0./s1. The van der Waals surface area contributed by atoms with E-state index < -0.39 is 0 Å². The van der Waals surface area contributed by atoms with Gasteiger partial charge in [0, 0.05) is 0 Å². The number of hydrogen-bond donors (Lipinski definition) is 1. The first kappa shape index (κ1) is 15.6. The van der Waals surface area contributed by atoms with Crippen molar-refractivity contribution in [2.75, 3.05) is 0 Å². The minimum atomic E-state index is -0.0881. The van der Waals surface area contributed by atoms with E-state index in [0.29, 0.717) is 11.7 Å². The average molecular weight is 484 g/mol. The zero-order chi connectivity index (χ0) is 15.7. The number of Topliss-reactive ketones (excluding diaryl/α,β-unsaturated/α-hetero) is 1. The molecule has 3 heteroatoms. The Morgan fingerprint density at radius 3 is 2.59 bits per heavy atom. The van der Waals surface area contributed by atoms with Crippen LogP contribution >= 0.6 is 0 Å². The monoisotopic (exact) mass is 484 g/mol. The molecule has 0 aromatic rings. The third kappa shape index (κ3) is 1.90. The Kier molecular flexibility index (Phi) is 3.59. The predicted octanol–water partition coefficient (Wildman–Crippen LogP) is 3.75. The second-order valence-electron chi connectivity index (χ2n) is 8.65. The van der Waals surface area contributed by atoms with Gasteiger partial charge in [-0.15, -0.1) is 0 Å². The average Bonchev–Trinajstić information content (AvgIpc) is 2.79. The Labute approximate surface area is 146 Å². The summed E-state index contributed by atoms with van der Waals surface area (Å²) in [7, 11) is 0. The molecule has 6 atom stereocenters. The quantitative estimate of drug-likeness (QED) is 0.532. The first-order valence-corrected chi connectivity index (χ1v) is 10.0. The Hall–Kier alpha value is 0.110. The molecule has 0 aliphatic heterocycles. The van der Waals surface area contributed by atoms with Crippen LogP contribution in [0.25, 0.3) is 0 Å². The molecule has 0 spiro atoms. The summed E-state index contributed by atoms with van der Waals surface area (Å²) in [4.78, 5) is 12.1. The van der Waals surface area contributed by atoms with E-state index in [1.807, 2.05) is 0 Å². The molecule has 3 fully saturated rings. The number of rotatable bonds is 0. The van der Waals surface area contributed by atoms with Crippen molar-refractivity contribution in [3.63, 3.8) is 0 Å². The Morgan fingerprint density at radius 1 is 1.05 bits per heavy atom. The second-order valence-corrected chi connectivity index (χ2v) is 9.73. The molecule has 4 aliphatic carbocycles. The van der Waals surface area contributed by atoms with Crippen LogP contribution in [0.5, 0.6) is 0 Å². The third-order valence-corrected chi connectivity index (χ3v) is 9.22. The van der Waals surface area contributed by atoms with Gasteiger partial charge in [0.05, 0.1) is 0 Å². The topological polar surface area (TPSA) is 37.3 Å². The number of carbonyl (C=O) groups excluding carboxylic acids is 1. The predicted molar refractivity (Wildman–Crippen MR) is 81.7 cm³/mol. The summed E-state index contributed by atoms with van der Waals surface area (Å²) in [5, 5.41) is 10.5. The van der Waals surface area contributed by atoms with Crippen LogP contribution in [0.3, 0.4) is 0 Å². The van der Waals surface area contributed by atoms with Crippen molar-refractivity contribution in [3.8, 4) is 0 Å². The zero-order valence-corrected chi connectivity index (χ0v) is 15.8. The Balaban J connectivity index is 1.72. The van der Waals surface area contributed by atoms with Crippen LogP contribution in [0.1, 0.15) is 65.2 Å². The maximum absolute atomic E-state index is 12.1. The first-order chi connectivity index (χ1) is 10.4. The summed E-state index contributed by atoms with van der Waals surface area (Å²) < 4.78 is 1.03. The molecule has 0 radical (unpaired) electrons. The van der Waals surface area contributed by atoms with Gasteiger partial charge in [-0.3, -0.25) is 0 Å². The number of hydrogen-bond acceptors (Lipinski definition) is 2. The van der Waals surface area contributed by atoms with Crippen LogP contribution in [0, 0.1) is 28.6 Å². The fraction of sp³-hybridized carbons (Fsp3) is 0.842. The van der Waals surface area contributed by atoms with E-state index in [1.54, 1.807) is 0 Å². The summed E-state index contributed by atoms with van der Waals surface area (Å²) in [5.41, 5.74) is 1.88. The van der Waals surface area contributed by atoms with Gasteiger partial charge >= 0.3 is 146 Å². The van der Waals surface area contributed by atoms with Crippen LogP contribution in [0.2, 0.25) is 0 Å². The van der Waals surface area contributed by atoms with Crippen molar-refractivity contribution >= 4 is 5.78 Å². The van der Waals surface area contributed by atoms with Crippen molar-refractivity contribution in [1.82, 2.24) is 0 Å². The van der Waals surface area contributed by atoms with E-state index in [-0.39, 0.29) is 16.9 Å². The summed E-state index contributed by atoms with van der Waals surface area (Å²) in [6, 6.07) is 0. The van der Waals surface area contributed by atoms with E-state index in [1.165, 1.54) is 31.3 Å². The van der Waals surface area contributed by atoms with Crippen molar-refractivity contribution in [3.05, 3.63) is 9.36 Å². The first-order valence-electron chi connectivity index (χ1n) is 8.94. The normalized spacial score (nSPS) is 51.4. The molecule has 0 saturated heterocycles. The van der Waals surface area contributed by atoms with Gasteiger partial charge in [0.25, 0.3) is 0 Å². The molecule has 0 unspecified atom stereocenters. The number of aliphatic hydroxyl groups is 1. The number of carbonyl (C=O) groups is 1. The Bertz CT molecular complexity index is 554. The van der Waals surface area contributed by atoms with Gasteiger partial charge in [-0.25, -0.2) is 0 Å². The molecule has 22 heavy (non-hydrogen) atoms. The van der Waals surface area contributed by atoms with Crippen LogP contribution in [0.4, 0.5) is 0 Å². The molecule has 0 amide bonds. The van der Waals surface area contributed by atoms with E-state index >= 15 is 0 Å². The van der Waals surface area contributed by atoms with E-state index in [4.69, 9.17) is 0 Å². The molecule has 0 bridgehead atoms. The maximum atomic E-state index is 12.1. The molecule has 2 nitrogen and oxygen atoms in total. The SMILES string of the molecule is C[C@]12CC[C@H]3[C@@H](CCC4=[C]([Au])C(=O)CC[C@@]43C)[C@@H]1CC[C@@H]2O. The molecule has 1 N–H and O–H groups in total. The third-order valence-electron chi connectivity index (χ3n) is 7.96. The minimum absolute atomic E-state index is 0.0881. The number of aliphatic hydroxyl groups excluding tert-OH is 1. The summed E-state index contributed by atoms with van der Waals surface area (Å²) >= 11 is 2.53. The number of fused-ring (bicyclic) bond motifs is 5. The molecule has 126 valence electrons. The van der Waals surface area contributed by atoms with E-state index in [0.717, 1.165) is 41.3 Å². The Morgan fingerprint density at radius 2 is 1.82 bits per heavy atom. The van der Waals surface area contributed by atoms with Crippen molar-refractivity contribution in [2.24, 2.45) is 28.6 Å². The molecule has 0 aromatic carbocycles. The van der Waals surface area contributed by atoms with Gasteiger partial charge in [-0.1, -0.05) is 0 Å². The molecule has 0 aromatic heterocycles. The van der Waals surface area contributed by atoms with Crippen molar-refractivity contribution < 1.29 is 31.0 Å². The molecule has 3 saturated carbocycles. The molecular formula is C19H27AuO2. The summed E-state index contributed by atoms with van der Waals surface area (Å²) in [6.45, 7) is 4.78. The van der Waals surface area contributed by atoms with Crippen LogP contribution in [-0.2, 0) is 25.9 Å². The van der Waals surface area contributed by atoms with Crippen molar-refractivity contribution in [2.45, 2.75) is 71.3 Å². The van der Waals surface area contributed by atoms with Crippen LogP contribution in [-0.4, -0.2) is 17.0 Å². The van der Waals surface area contributed by atoms with Gasteiger partial charge < -0.3 is 0 Å². The van der Waals surface area contributed by atoms with E-state index in [9.17, 15) is 9.90 Å². The summed E-state index contributed by atoms with van der Waals surface area (Å²) in [6.07, 6.45) is 8.66. The van der Waals surface area contributed by atoms with Crippen LogP contribution < -0.4 is 0 Å².